The van der Waals surface area contributed by atoms with Crippen LogP contribution in [0.5, 0.6) is 0 Å². The maximum Gasteiger partial charge on any atom is 0.291 e. The molecular formula is C18H20N6O3. The molecule has 4 aromatic heterocycles. The third-order valence-electron chi connectivity index (χ3n) is 4.43. The summed E-state index contributed by atoms with van der Waals surface area (Å²) >= 11 is 0. The Kier molecular flexibility index (Phi) is 4.49. The lowest BCUT2D eigenvalue weighted by Crippen LogP contribution is -2.30. The number of aryl methyl sites for hydroxylation is 3. The summed E-state index contributed by atoms with van der Waals surface area (Å²) in [6.45, 7) is 3.48. The molecule has 0 aliphatic carbocycles. The van der Waals surface area contributed by atoms with Gasteiger partial charge in [0.2, 0.25) is 5.91 Å². The van der Waals surface area contributed by atoms with Crippen molar-refractivity contribution in [3.63, 3.8) is 0 Å². The number of carbonyl (C=O) groups excluding carboxylic acids is 1. The zero-order valence-corrected chi connectivity index (χ0v) is 15.0. The largest absolute Gasteiger partial charge is 0.463 e. The smallest absolute Gasteiger partial charge is 0.291 e. The Morgan fingerprint density at radius 2 is 2.15 bits per heavy atom. The Morgan fingerprint density at radius 3 is 2.96 bits per heavy atom. The van der Waals surface area contributed by atoms with Gasteiger partial charge in [-0.3, -0.25) is 18.7 Å². The van der Waals surface area contributed by atoms with Crippen molar-refractivity contribution in [2.24, 2.45) is 0 Å². The van der Waals surface area contributed by atoms with Gasteiger partial charge >= 0.3 is 0 Å². The minimum atomic E-state index is -0.245. The minimum Gasteiger partial charge on any atom is -0.463 e. The van der Waals surface area contributed by atoms with Crippen LogP contribution in [0.15, 0.2) is 46.2 Å². The van der Waals surface area contributed by atoms with Crippen molar-refractivity contribution in [1.82, 2.24) is 29.3 Å². The van der Waals surface area contributed by atoms with Crippen LogP contribution < -0.4 is 10.9 Å². The van der Waals surface area contributed by atoms with Gasteiger partial charge in [-0.05, 0) is 19.4 Å². The summed E-state index contributed by atoms with van der Waals surface area (Å²) in [4.78, 5) is 24.5. The average molecular weight is 368 g/mol. The van der Waals surface area contributed by atoms with E-state index in [0.717, 1.165) is 24.2 Å². The van der Waals surface area contributed by atoms with E-state index in [0.29, 0.717) is 17.6 Å². The van der Waals surface area contributed by atoms with Crippen molar-refractivity contribution >= 4 is 22.5 Å². The van der Waals surface area contributed by atoms with Crippen molar-refractivity contribution in [3.8, 4) is 0 Å². The lowest BCUT2D eigenvalue weighted by atomic mass is 10.3. The zero-order valence-electron chi connectivity index (χ0n) is 15.0. The van der Waals surface area contributed by atoms with E-state index in [1.807, 2.05) is 23.9 Å². The molecule has 0 unspecified atom stereocenters. The highest BCUT2D eigenvalue weighted by Gasteiger charge is 2.11. The molecule has 140 valence electrons. The molecule has 0 bridgehead atoms. The predicted molar refractivity (Wildman–Crippen MR) is 98.4 cm³/mol. The predicted octanol–water partition coefficient (Wildman–Crippen LogP) is 1.34. The average Bonchev–Trinajstić information content (AvgIpc) is 3.35. The van der Waals surface area contributed by atoms with Crippen molar-refractivity contribution in [2.75, 3.05) is 6.54 Å². The van der Waals surface area contributed by atoms with Crippen LogP contribution in [0.3, 0.4) is 0 Å². The maximum absolute atomic E-state index is 12.5. The summed E-state index contributed by atoms with van der Waals surface area (Å²) in [5.41, 5.74) is 2.65. The molecule has 0 aromatic carbocycles. The molecule has 0 saturated carbocycles. The monoisotopic (exact) mass is 368 g/mol. The second kappa shape index (κ2) is 7.10. The van der Waals surface area contributed by atoms with Crippen LogP contribution >= 0.6 is 0 Å². The molecule has 9 nitrogen and oxygen atoms in total. The van der Waals surface area contributed by atoms with E-state index in [9.17, 15) is 9.59 Å². The van der Waals surface area contributed by atoms with E-state index in [-0.39, 0.29) is 24.4 Å². The van der Waals surface area contributed by atoms with Gasteiger partial charge in [-0.15, -0.1) is 0 Å². The Morgan fingerprint density at radius 1 is 1.26 bits per heavy atom. The standard InChI is InChI=1S/C18H20N6O3/c1-13-3-8-22(21-13)7-2-6-19-17(25)4-9-24-18(26)15-11-16-14(5-10-27-16)23(15)12-20-24/h3,5,8,10-12H,2,4,6-7,9H2,1H3,(H,19,25). The van der Waals surface area contributed by atoms with Gasteiger partial charge in [0.1, 0.15) is 11.8 Å². The highest BCUT2D eigenvalue weighted by atomic mass is 16.3. The number of amides is 1. The number of furan rings is 1. The van der Waals surface area contributed by atoms with E-state index in [4.69, 9.17) is 4.42 Å². The third kappa shape index (κ3) is 3.48. The quantitative estimate of drug-likeness (QED) is 0.496. The number of nitrogens with zero attached hydrogens (tertiary/aromatic N) is 5. The fourth-order valence-corrected chi connectivity index (χ4v) is 3.04. The third-order valence-corrected chi connectivity index (χ3v) is 4.43. The van der Waals surface area contributed by atoms with Crippen LogP contribution in [-0.4, -0.2) is 36.4 Å². The van der Waals surface area contributed by atoms with E-state index in [1.54, 1.807) is 29.1 Å². The van der Waals surface area contributed by atoms with Gasteiger partial charge in [0.05, 0.1) is 24.0 Å². The Labute approximate surface area is 154 Å². The van der Waals surface area contributed by atoms with E-state index >= 15 is 0 Å². The topological polar surface area (TPSA) is 99.4 Å². The van der Waals surface area contributed by atoms with Crippen molar-refractivity contribution in [3.05, 3.63) is 53.0 Å². The molecule has 0 saturated heterocycles. The molecule has 0 spiro atoms. The molecule has 27 heavy (non-hydrogen) atoms. The number of hydrogen-bond donors (Lipinski definition) is 1. The van der Waals surface area contributed by atoms with Crippen LogP contribution in [0.4, 0.5) is 0 Å². The SMILES string of the molecule is Cc1ccn(CCCNC(=O)CCn2ncn3c(cc4occc43)c2=O)n1. The summed E-state index contributed by atoms with van der Waals surface area (Å²) < 4.78 is 10.2. The Bertz CT molecular complexity index is 1150. The molecule has 4 aromatic rings. The number of aromatic nitrogens is 5. The van der Waals surface area contributed by atoms with Gasteiger partial charge < -0.3 is 9.73 Å². The number of rotatable bonds is 7. The van der Waals surface area contributed by atoms with Crippen molar-refractivity contribution in [2.45, 2.75) is 32.9 Å². The Hall–Kier alpha value is -3.36. The molecule has 4 heterocycles. The van der Waals surface area contributed by atoms with Gasteiger partial charge in [0.15, 0.2) is 5.58 Å². The normalized spacial score (nSPS) is 11.4. The minimum absolute atomic E-state index is 0.107. The molecular weight excluding hydrogens is 348 g/mol. The molecule has 0 aliphatic heterocycles. The van der Waals surface area contributed by atoms with E-state index in [2.05, 4.69) is 15.5 Å². The summed E-state index contributed by atoms with van der Waals surface area (Å²) in [6, 6.07) is 5.42. The van der Waals surface area contributed by atoms with Crippen LogP contribution in [0, 0.1) is 6.92 Å². The number of carbonyl (C=O) groups is 1. The number of fused-ring (bicyclic) bond motifs is 3. The fourth-order valence-electron chi connectivity index (χ4n) is 3.04. The lowest BCUT2D eigenvalue weighted by molar-refractivity contribution is -0.121. The Balaban J connectivity index is 1.30. The summed E-state index contributed by atoms with van der Waals surface area (Å²) in [5.74, 6) is -0.107. The zero-order chi connectivity index (χ0) is 18.8. The molecule has 4 rings (SSSR count). The highest BCUT2D eigenvalue weighted by Crippen LogP contribution is 2.18. The first-order valence-electron chi connectivity index (χ1n) is 8.83. The van der Waals surface area contributed by atoms with E-state index in [1.165, 1.54) is 4.68 Å². The molecule has 0 atom stereocenters. The van der Waals surface area contributed by atoms with Crippen LogP contribution in [-0.2, 0) is 17.9 Å². The number of hydrogen-bond acceptors (Lipinski definition) is 5. The van der Waals surface area contributed by atoms with Crippen molar-refractivity contribution < 1.29 is 9.21 Å². The summed E-state index contributed by atoms with van der Waals surface area (Å²) in [6.07, 6.45) is 6.05. The first-order chi connectivity index (χ1) is 13.1. The summed E-state index contributed by atoms with van der Waals surface area (Å²) in [5, 5.41) is 11.3. The van der Waals surface area contributed by atoms with Gasteiger partial charge in [0.25, 0.3) is 5.56 Å². The molecule has 9 heteroatoms. The molecule has 0 aliphatic rings. The second-order valence-electron chi connectivity index (χ2n) is 6.40. The fraction of sp³-hybridized carbons (Fsp3) is 0.333. The first kappa shape index (κ1) is 17.1. The van der Waals surface area contributed by atoms with Gasteiger partial charge in [-0.2, -0.15) is 10.2 Å². The molecule has 0 radical (unpaired) electrons. The molecule has 1 amide bonds. The summed E-state index contributed by atoms with van der Waals surface area (Å²) in [7, 11) is 0. The molecule has 1 N–H and O–H groups in total. The first-order valence-corrected chi connectivity index (χ1v) is 8.83. The van der Waals surface area contributed by atoms with Gasteiger partial charge in [-0.25, -0.2) is 4.68 Å². The maximum atomic E-state index is 12.5. The molecule has 0 fully saturated rings. The van der Waals surface area contributed by atoms with E-state index < -0.39 is 0 Å². The second-order valence-corrected chi connectivity index (χ2v) is 6.40. The van der Waals surface area contributed by atoms with Gasteiger partial charge in [-0.1, -0.05) is 0 Å². The van der Waals surface area contributed by atoms with Crippen molar-refractivity contribution in [1.29, 1.82) is 0 Å². The highest BCUT2D eigenvalue weighted by molar-refractivity contribution is 5.81. The van der Waals surface area contributed by atoms with Crippen LogP contribution in [0.2, 0.25) is 0 Å². The lowest BCUT2D eigenvalue weighted by Gasteiger charge is -2.07. The van der Waals surface area contributed by atoms with Gasteiger partial charge in [0, 0.05) is 37.8 Å². The van der Waals surface area contributed by atoms with Crippen LogP contribution in [0.1, 0.15) is 18.5 Å². The van der Waals surface area contributed by atoms with Crippen LogP contribution in [0.25, 0.3) is 16.6 Å². The number of nitrogens with one attached hydrogen (secondary N) is 1.